The highest BCUT2D eigenvalue weighted by atomic mass is 28.4. The molecule has 0 amide bonds. The van der Waals surface area contributed by atoms with E-state index in [1.54, 1.807) is 6.92 Å². The predicted octanol–water partition coefficient (Wildman–Crippen LogP) is 3.26. The Morgan fingerprint density at radius 2 is 1.73 bits per heavy atom. The number of epoxide rings is 1. The molecule has 0 saturated carbocycles. The third-order valence-corrected chi connectivity index (χ3v) is 11.9. The minimum Gasteiger partial charge on any atom is -0.410 e. The van der Waals surface area contributed by atoms with E-state index >= 15 is 0 Å². The molecule has 33 heavy (non-hydrogen) atoms. The lowest BCUT2D eigenvalue weighted by Gasteiger charge is -2.43. The van der Waals surface area contributed by atoms with Crippen LogP contribution in [0.5, 0.6) is 0 Å². The maximum absolute atomic E-state index is 13.5. The zero-order valence-corrected chi connectivity index (χ0v) is 22.9. The summed E-state index contributed by atoms with van der Waals surface area (Å²) in [5.41, 5.74) is -0.804. The molecule has 0 spiro atoms. The molecule has 1 aliphatic heterocycles. The van der Waals surface area contributed by atoms with Crippen LogP contribution in [-0.2, 0) is 18.8 Å². The van der Waals surface area contributed by atoms with Crippen LogP contribution in [0, 0.1) is 17.8 Å². The zero-order chi connectivity index (χ0) is 25.8. The summed E-state index contributed by atoms with van der Waals surface area (Å²) in [7, 11) is -2.39. The minimum atomic E-state index is -2.39. The van der Waals surface area contributed by atoms with E-state index < -0.39 is 57.0 Å². The van der Waals surface area contributed by atoms with Crippen molar-refractivity contribution in [2.45, 2.75) is 103 Å². The van der Waals surface area contributed by atoms with Gasteiger partial charge in [0.25, 0.3) is 0 Å². The molecule has 0 radical (unpaired) electrons. The van der Waals surface area contributed by atoms with Crippen LogP contribution in [0.4, 0.5) is 0 Å². The van der Waals surface area contributed by atoms with E-state index in [9.17, 15) is 24.9 Å². The van der Waals surface area contributed by atoms with Crippen molar-refractivity contribution < 1.29 is 34.1 Å². The van der Waals surface area contributed by atoms with Gasteiger partial charge >= 0.3 is 0 Å². The number of carbonyl (C=O) groups excluding carboxylic acids is 2. The van der Waals surface area contributed by atoms with E-state index in [-0.39, 0.29) is 35.7 Å². The summed E-state index contributed by atoms with van der Waals surface area (Å²) in [6, 6.07) is 0. The number of carbonyl (C=O) groups is 2. The third-order valence-electron chi connectivity index (χ3n) is 7.44. The quantitative estimate of drug-likeness (QED) is 0.196. The second kappa shape index (κ2) is 11.7. The Labute approximate surface area is 200 Å². The maximum atomic E-state index is 13.5. The Hall–Kier alpha value is -0.903. The summed E-state index contributed by atoms with van der Waals surface area (Å²) >= 11 is 0. The van der Waals surface area contributed by atoms with Crippen molar-refractivity contribution in [2.75, 3.05) is 13.2 Å². The molecular formula is C25H46O7Si. The second-order valence-electron chi connectivity index (χ2n) is 11.1. The van der Waals surface area contributed by atoms with Gasteiger partial charge in [0.15, 0.2) is 8.32 Å². The van der Waals surface area contributed by atoms with E-state index in [1.165, 1.54) is 0 Å². The standard InChI is InChI=1S/C25H46O7Si/c1-10-12-16(3)22-25(7,31-22)23(32-33(8,9)24(4,5)6)19(15-27)21(30)18(14-26)20(29)13-17(28)11-2/h10,12,16,18-20,22-23,26-27,29H,11,13-15H2,1-9H3/t16-,18-,19-,20+,22+,23-,25?/m0/s1. The first-order chi connectivity index (χ1) is 15.1. The van der Waals surface area contributed by atoms with Crippen LogP contribution in [0.15, 0.2) is 12.2 Å². The maximum Gasteiger partial charge on any atom is 0.192 e. The van der Waals surface area contributed by atoms with Crippen LogP contribution in [0.3, 0.4) is 0 Å². The van der Waals surface area contributed by atoms with E-state index in [0.717, 1.165) is 0 Å². The molecule has 0 aromatic rings. The largest absolute Gasteiger partial charge is 0.410 e. The molecule has 1 rings (SSSR count). The Balaban J connectivity index is 3.36. The van der Waals surface area contributed by atoms with Crippen molar-refractivity contribution >= 4 is 19.9 Å². The molecule has 192 valence electrons. The summed E-state index contributed by atoms with van der Waals surface area (Å²) in [5, 5.41) is 30.7. The SMILES string of the molecule is CC=C[C@H](C)[C@H]1OC1(C)[C@@H](O[Si](C)(C)C(C)(C)C)[C@@H](CO)C(=O)[C@@H](CO)[C@H](O)CC(=O)CC. The number of allylic oxidation sites excluding steroid dienone is 1. The first-order valence-corrected chi connectivity index (χ1v) is 15.0. The number of aliphatic hydroxyl groups excluding tert-OH is 3. The molecule has 1 unspecified atom stereocenters. The first-order valence-electron chi connectivity index (χ1n) is 12.0. The Morgan fingerprint density at radius 3 is 2.15 bits per heavy atom. The number of Topliss-reactive ketones (excluding diaryl/α,β-unsaturated/α-hetero) is 2. The first kappa shape index (κ1) is 30.1. The summed E-state index contributed by atoms with van der Waals surface area (Å²) in [5.74, 6) is -2.80. The van der Waals surface area contributed by atoms with Crippen LogP contribution in [-0.4, -0.2) is 72.3 Å². The van der Waals surface area contributed by atoms with Crippen LogP contribution >= 0.6 is 0 Å². The van der Waals surface area contributed by atoms with Crippen LogP contribution in [0.1, 0.15) is 61.3 Å². The van der Waals surface area contributed by atoms with Gasteiger partial charge in [-0.25, -0.2) is 0 Å². The van der Waals surface area contributed by atoms with Gasteiger partial charge in [-0.05, 0) is 32.0 Å². The van der Waals surface area contributed by atoms with Crippen molar-refractivity contribution in [3.63, 3.8) is 0 Å². The molecule has 8 heteroatoms. The smallest absolute Gasteiger partial charge is 0.192 e. The van der Waals surface area contributed by atoms with E-state index in [4.69, 9.17) is 9.16 Å². The number of ether oxygens (including phenoxy) is 1. The third kappa shape index (κ3) is 7.05. The van der Waals surface area contributed by atoms with Gasteiger partial charge in [-0.3, -0.25) is 9.59 Å². The highest BCUT2D eigenvalue weighted by molar-refractivity contribution is 6.74. The molecular weight excluding hydrogens is 440 g/mol. The highest BCUT2D eigenvalue weighted by Crippen LogP contribution is 2.50. The lowest BCUT2D eigenvalue weighted by molar-refractivity contribution is -0.140. The molecule has 1 fully saturated rings. The summed E-state index contributed by atoms with van der Waals surface area (Å²) in [4.78, 5) is 25.4. The fourth-order valence-corrected chi connectivity index (χ4v) is 5.51. The fourth-order valence-electron chi connectivity index (χ4n) is 4.13. The second-order valence-corrected chi connectivity index (χ2v) is 15.8. The molecule has 0 aliphatic carbocycles. The minimum absolute atomic E-state index is 0.0846. The van der Waals surface area contributed by atoms with Gasteiger partial charge in [0.05, 0.1) is 43.4 Å². The van der Waals surface area contributed by atoms with Gasteiger partial charge < -0.3 is 24.5 Å². The van der Waals surface area contributed by atoms with Crippen molar-refractivity contribution in [3.05, 3.63) is 12.2 Å². The van der Waals surface area contributed by atoms with Crippen LogP contribution in [0.25, 0.3) is 0 Å². The normalized spacial score (nSPS) is 26.0. The average molecular weight is 487 g/mol. The average Bonchev–Trinajstić information content (AvgIpc) is 3.40. The molecule has 0 aromatic heterocycles. The fraction of sp³-hybridized carbons (Fsp3) is 0.840. The van der Waals surface area contributed by atoms with Crippen molar-refractivity contribution in [3.8, 4) is 0 Å². The lowest BCUT2D eigenvalue weighted by atomic mass is 9.79. The molecule has 3 N–H and O–H groups in total. The molecule has 0 aromatic carbocycles. The lowest BCUT2D eigenvalue weighted by Crippen LogP contribution is -2.55. The zero-order valence-electron chi connectivity index (χ0n) is 21.9. The van der Waals surface area contributed by atoms with Crippen LogP contribution in [0.2, 0.25) is 18.1 Å². The van der Waals surface area contributed by atoms with Crippen molar-refractivity contribution in [1.82, 2.24) is 0 Å². The molecule has 1 saturated heterocycles. The van der Waals surface area contributed by atoms with Gasteiger partial charge in [0.2, 0.25) is 0 Å². The molecule has 1 aliphatic rings. The molecule has 7 nitrogen and oxygen atoms in total. The number of aliphatic hydroxyl groups is 3. The van der Waals surface area contributed by atoms with Crippen molar-refractivity contribution in [1.29, 1.82) is 0 Å². The number of ketones is 2. The number of hydrogen-bond acceptors (Lipinski definition) is 7. The number of hydrogen-bond donors (Lipinski definition) is 3. The summed E-state index contributed by atoms with van der Waals surface area (Å²) in [6.07, 6.45) is 1.75. The van der Waals surface area contributed by atoms with Gasteiger partial charge in [-0.15, -0.1) is 0 Å². The van der Waals surface area contributed by atoms with Gasteiger partial charge in [-0.2, -0.15) is 0 Å². The summed E-state index contributed by atoms with van der Waals surface area (Å²) in [6.45, 7) is 16.9. The van der Waals surface area contributed by atoms with Gasteiger partial charge in [0.1, 0.15) is 17.2 Å². The van der Waals surface area contributed by atoms with E-state index in [1.807, 2.05) is 32.9 Å². The molecule has 1 heterocycles. The predicted molar refractivity (Wildman–Crippen MR) is 131 cm³/mol. The Morgan fingerprint density at radius 1 is 1.18 bits per heavy atom. The monoisotopic (exact) mass is 486 g/mol. The Bertz CT molecular complexity index is 699. The number of rotatable bonds is 14. The van der Waals surface area contributed by atoms with E-state index in [2.05, 4.69) is 33.9 Å². The van der Waals surface area contributed by atoms with Crippen molar-refractivity contribution in [2.24, 2.45) is 17.8 Å². The van der Waals surface area contributed by atoms with Gasteiger partial charge in [-0.1, -0.05) is 46.8 Å². The molecule has 0 bridgehead atoms. The summed E-state index contributed by atoms with van der Waals surface area (Å²) < 4.78 is 12.8. The molecule has 7 atom stereocenters. The van der Waals surface area contributed by atoms with Crippen LogP contribution < -0.4 is 0 Å². The highest BCUT2D eigenvalue weighted by Gasteiger charge is 2.64. The Kier molecular flexibility index (Phi) is 10.7. The van der Waals surface area contributed by atoms with E-state index in [0.29, 0.717) is 0 Å². The van der Waals surface area contributed by atoms with Gasteiger partial charge in [0, 0.05) is 18.8 Å². The topological polar surface area (TPSA) is 117 Å².